The van der Waals surface area contributed by atoms with Crippen LogP contribution in [-0.4, -0.2) is 13.1 Å². The first-order chi connectivity index (χ1) is 13.3. The number of rotatable bonds is 4. The van der Waals surface area contributed by atoms with Gasteiger partial charge in [0.15, 0.2) is 0 Å². The number of hydrogen-bond acceptors (Lipinski definition) is 2. The molecule has 4 rings (SSSR count). The van der Waals surface area contributed by atoms with Crippen LogP contribution in [0.1, 0.15) is 36.3 Å². The van der Waals surface area contributed by atoms with E-state index in [2.05, 4.69) is 76.1 Å². The van der Waals surface area contributed by atoms with E-state index in [0.717, 1.165) is 0 Å². The lowest BCUT2D eigenvalue weighted by molar-refractivity contribution is -0.655. The Kier molecular flexibility index (Phi) is 7.30. The van der Waals surface area contributed by atoms with E-state index in [-0.39, 0.29) is 17.0 Å². The summed E-state index contributed by atoms with van der Waals surface area (Å²) in [5.74, 6) is 2.78. The predicted molar refractivity (Wildman–Crippen MR) is 117 cm³/mol. The minimum Gasteiger partial charge on any atom is -1.00 e. The Morgan fingerprint density at radius 3 is 2.39 bits per heavy atom. The van der Waals surface area contributed by atoms with Crippen LogP contribution in [0.25, 0.3) is 22.4 Å². The zero-order valence-corrected chi connectivity index (χ0v) is 18.4. The van der Waals surface area contributed by atoms with Crippen LogP contribution in [0.15, 0.2) is 48.5 Å². The standard InChI is InChI=1S/C24H25N2S.BrH/c1-2-17-26-22-9-5-6-10-23(22)27-24(26)16-13-20-11-14-21(15-12-20)25-18-7-3-4-8-19-25;/h1,5-6,9-16H,3-4,7-8,17-19H2;1H/q+1;/p-1. The SMILES string of the molecule is C#CC[n+]1c(/C=C/c2ccc(N3CCCCCC3)cc2)sc2ccccc21.[Br-]. The number of benzene rings is 2. The molecule has 1 aliphatic heterocycles. The van der Waals surface area contributed by atoms with Gasteiger partial charge in [-0.2, -0.15) is 4.57 Å². The van der Waals surface area contributed by atoms with E-state index in [9.17, 15) is 0 Å². The van der Waals surface area contributed by atoms with E-state index >= 15 is 0 Å². The van der Waals surface area contributed by atoms with E-state index in [1.54, 1.807) is 11.3 Å². The largest absolute Gasteiger partial charge is 1.00 e. The molecule has 1 aliphatic rings. The van der Waals surface area contributed by atoms with Gasteiger partial charge in [0.2, 0.25) is 12.1 Å². The molecule has 0 spiro atoms. The van der Waals surface area contributed by atoms with Crippen molar-refractivity contribution in [3.8, 4) is 12.3 Å². The molecule has 0 aliphatic carbocycles. The van der Waals surface area contributed by atoms with E-state index in [4.69, 9.17) is 6.42 Å². The van der Waals surface area contributed by atoms with Crippen LogP contribution in [0.3, 0.4) is 0 Å². The zero-order chi connectivity index (χ0) is 18.5. The monoisotopic (exact) mass is 452 g/mol. The lowest BCUT2D eigenvalue weighted by Gasteiger charge is -2.22. The summed E-state index contributed by atoms with van der Waals surface area (Å²) in [5, 5.41) is 1.19. The molecule has 2 aromatic carbocycles. The average Bonchev–Trinajstić information content (AvgIpc) is 2.87. The Hall–Kier alpha value is -2.09. The molecular weight excluding hydrogens is 428 g/mol. The molecule has 0 unspecified atom stereocenters. The van der Waals surface area contributed by atoms with Crippen molar-refractivity contribution in [3.05, 3.63) is 59.1 Å². The van der Waals surface area contributed by atoms with Gasteiger partial charge >= 0.3 is 0 Å². The number of aromatic nitrogens is 1. The van der Waals surface area contributed by atoms with Crippen LogP contribution < -0.4 is 26.4 Å². The van der Waals surface area contributed by atoms with Gasteiger partial charge in [0.25, 0.3) is 5.01 Å². The van der Waals surface area contributed by atoms with Crippen LogP contribution in [-0.2, 0) is 6.54 Å². The number of hydrogen-bond donors (Lipinski definition) is 0. The van der Waals surface area contributed by atoms with Crippen molar-refractivity contribution in [2.45, 2.75) is 32.2 Å². The first kappa shape index (κ1) is 20.6. The van der Waals surface area contributed by atoms with Crippen molar-refractivity contribution in [2.24, 2.45) is 0 Å². The highest BCUT2D eigenvalue weighted by molar-refractivity contribution is 7.18. The molecule has 0 radical (unpaired) electrons. The van der Waals surface area contributed by atoms with Gasteiger partial charge in [-0.05, 0) is 48.6 Å². The number of halogens is 1. The van der Waals surface area contributed by atoms with Gasteiger partial charge in [-0.1, -0.05) is 48.4 Å². The fourth-order valence-electron chi connectivity index (χ4n) is 3.72. The third kappa shape index (κ3) is 4.66. The predicted octanol–water partition coefficient (Wildman–Crippen LogP) is 2.38. The molecule has 0 bridgehead atoms. The Morgan fingerprint density at radius 2 is 1.68 bits per heavy atom. The molecule has 1 saturated heterocycles. The van der Waals surface area contributed by atoms with Gasteiger partial charge in [0.05, 0.1) is 0 Å². The number of thiazole rings is 1. The van der Waals surface area contributed by atoms with Gasteiger partial charge < -0.3 is 21.9 Å². The van der Waals surface area contributed by atoms with E-state index in [1.165, 1.54) is 65.2 Å². The summed E-state index contributed by atoms with van der Waals surface area (Å²) < 4.78 is 3.48. The Morgan fingerprint density at radius 1 is 0.964 bits per heavy atom. The number of nitrogens with zero attached hydrogens (tertiary/aromatic N) is 2. The van der Waals surface area contributed by atoms with Gasteiger partial charge in [-0.25, -0.2) is 0 Å². The van der Waals surface area contributed by atoms with Crippen LogP contribution in [0, 0.1) is 12.3 Å². The maximum atomic E-state index is 5.59. The summed E-state index contributed by atoms with van der Waals surface area (Å²) >= 11 is 1.78. The second kappa shape index (κ2) is 9.91. The number of terminal acetylenes is 1. The summed E-state index contributed by atoms with van der Waals surface area (Å²) in [7, 11) is 0. The van der Waals surface area contributed by atoms with E-state index < -0.39 is 0 Å². The Bertz CT molecular complexity index is 974. The van der Waals surface area contributed by atoms with Crippen LogP contribution in [0.2, 0.25) is 0 Å². The molecule has 2 nitrogen and oxygen atoms in total. The molecular formula is C24H25BrN2S. The Labute approximate surface area is 182 Å². The highest BCUT2D eigenvalue weighted by atomic mass is 79.9. The molecule has 1 fully saturated rings. The first-order valence-electron chi connectivity index (χ1n) is 9.73. The highest BCUT2D eigenvalue weighted by Crippen LogP contribution is 2.23. The molecule has 3 aromatic rings. The summed E-state index contributed by atoms with van der Waals surface area (Å²) in [5.41, 5.74) is 3.77. The second-order valence-corrected chi connectivity index (χ2v) is 8.09. The van der Waals surface area contributed by atoms with Gasteiger partial charge in [-0.3, -0.25) is 0 Å². The van der Waals surface area contributed by atoms with Crippen molar-refractivity contribution in [1.29, 1.82) is 0 Å². The molecule has 0 N–H and O–H groups in total. The summed E-state index contributed by atoms with van der Waals surface area (Å²) in [4.78, 5) is 2.52. The smallest absolute Gasteiger partial charge is 0.263 e. The van der Waals surface area contributed by atoms with Crippen LogP contribution >= 0.6 is 11.3 Å². The molecule has 4 heteroatoms. The van der Waals surface area contributed by atoms with Gasteiger partial charge in [0.1, 0.15) is 4.70 Å². The number of para-hydroxylation sites is 1. The van der Waals surface area contributed by atoms with Crippen LogP contribution in [0.4, 0.5) is 5.69 Å². The second-order valence-electron chi connectivity index (χ2n) is 7.02. The normalized spacial score (nSPS) is 14.6. The van der Waals surface area contributed by atoms with Crippen molar-refractivity contribution in [1.82, 2.24) is 0 Å². The topological polar surface area (TPSA) is 7.12 Å². The lowest BCUT2D eigenvalue weighted by atomic mass is 10.1. The maximum absolute atomic E-state index is 5.59. The molecule has 1 aromatic heterocycles. The van der Waals surface area contributed by atoms with E-state index in [0.29, 0.717) is 6.54 Å². The van der Waals surface area contributed by atoms with Gasteiger partial charge in [0, 0.05) is 30.9 Å². The fraction of sp³-hybridized carbons (Fsp3) is 0.292. The van der Waals surface area contributed by atoms with Crippen molar-refractivity contribution in [3.63, 3.8) is 0 Å². The maximum Gasteiger partial charge on any atom is 0.263 e. The fourth-order valence-corrected chi connectivity index (χ4v) is 4.79. The van der Waals surface area contributed by atoms with E-state index in [1.807, 2.05) is 0 Å². The highest BCUT2D eigenvalue weighted by Gasteiger charge is 2.16. The van der Waals surface area contributed by atoms with Crippen molar-refractivity contribution >= 4 is 39.4 Å². The third-order valence-corrected chi connectivity index (χ3v) is 6.30. The minimum absolute atomic E-state index is 0. The third-order valence-electron chi connectivity index (χ3n) is 5.17. The molecule has 2 heterocycles. The Balaban J connectivity index is 0.00000225. The molecule has 0 saturated carbocycles. The van der Waals surface area contributed by atoms with Crippen molar-refractivity contribution < 1.29 is 21.5 Å². The lowest BCUT2D eigenvalue weighted by Crippen LogP contribution is -3.00. The molecule has 28 heavy (non-hydrogen) atoms. The summed E-state index contributed by atoms with van der Waals surface area (Å²) in [6.45, 7) is 2.96. The summed E-state index contributed by atoms with van der Waals surface area (Å²) in [6, 6.07) is 17.4. The number of fused-ring (bicyclic) bond motifs is 1. The van der Waals surface area contributed by atoms with Crippen molar-refractivity contribution in [2.75, 3.05) is 18.0 Å². The van der Waals surface area contributed by atoms with Gasteiger partial charge in [-0.15, -0.1) is 6.42 Å². The quantitative estimate of drug-likeness (QED) is 0.435. The number of anilines is 1. The zero-order valence-electron chi connectivity index (χ0n) is 16.0. The minimum atomic E-state index is 0. The molecule has 0 atom stereocenters. The molecule has 0 amide bonds. The first-order valence-corrected chi connectivity index (χ1v) is 10.5. The van der Waals surface area contributed by atoms with Crippen LogP contribution in [0.5, 0.6) is 0 Å². The average molecular weight is 453 g/mol. The molecule has 144 valence electrons. The summed E-state index contributed by atoms with van der Waals surface area (Å²) in [6.07, 6.45) is 15.3.